The SMILES string of the molecule is CC(Nc1ccc(F)cc1)c1nc(C(C)(C)C)no1. The second-order valence-electron chi connectivity index (χ2n) is 5.58. The number of halogens is 1. The molecule has 1 N–H and O–H groups in total. The lowest BCUT2D eigenvalue weighted by molar-refractivity contribution is 0.354. The molecule has 1 atom stereocenters. The molecule has 1 unspecified atom stereocenters. The highest BCUT2D eigenvalue weighted by molar-refractivity contribution is 5.44. The Morgan fingerprint density at radius 2 is 1.84 bits per heavy atom. The van der Waals surface area contributed by atoms with E-state index < -0.39 is 0 Å². The molecule has 1 aromatic heterocycles. The Hall–Kier alpha value is -1.91. The average Bonchev–Trinajstić information content (AvgIpc) is 2.81. The minimum atomic E-state index is -0.258. The van der Waals surface area contributed by atoms with Gasteiger partial charge in [0.2, 0.25) is 5.89 Å². The molecule has 2 rings (SSSR count). The Morgan fingerprint density at radius 3 is 2.37 bits per heavy atom. The first-order valence-corrected chi connectivity index (χ1v) is 6.22. The Morgan fingerprint density at radius 1 is 1.21 bits per heavy atom. The van der Waals surface area contributed by atoms with E-state index in [4.69, 9.17) is 4.52 Å². The predicted molar refractivity (Wildman–Crippen MR) is 71.4 cm³/mol. The maximum atomic E-state index is 12.8. The first kappa shape index (κ1) is 13.5. The van der Waals surface area contributed by atoms with Gasteiger partial charge in [-0.1, -0.05) is 25.9 Å². The summed E-state index contributed by atoms with van der Waals surface area (Å²) >= 11 is 0. The molecule has 0 bridgehead atoms. The van der Waals surface area contributed by atoms with Crippen molar-refractivity contribution in [1.82, 2.24) is 10.1 Å². The number of benzene rings is 1. The van der Waals surface area contributed by atoms with Crippen molar-refractivity contribution in [3.63, 3.8) is 0 Å². The molecular weight excluding hydrogens is 245 g/mol. The van der Waals surface area contributed by atoms with Crippen molar-refractivity contribution in [3.8, 4) is 0 Å². The minimum absolute atomic E-state index is 0.130. The van der Waals surface area contributed by atoms with Crippen molar-refractivity contribution in [3.05, 3.63) is 41.8 Å². The first-order chi connectivity index (χ1) is 8.86. The normalized spacial score (nSPS) is 13.3. The lowest BCUT2D eigenvalue weighted by atomic mass is 9.96. The van der Waals surface area contributed by atoms with Crippen LogP contribution in [0.3, 0.4) is 0 Å². The van der Waals surface area contributed by atoms with E-state index in [9.17, 15) is 4.39 Å². The summed E-state index contributed by atoms with van der Waals surface area (Å²) in [4.78, 5) is 4.38. The number of nitrogens with one attached hydrogen (secondary N) is 1. The van der Waals surface area contributed by atoms with E-state index in [1.807, 2.05) is 27.7 Å². The van der Waals surface area contributed by atoms with Gasteiger partial charge in [-0.3, -0.25) is 0 Å². The molecule has 102 valence electrons. The van der Waals surface area contributed by atoms with Gasteiger partial charge in [-0.15, -0.1) is 0 Å². The van der Waals surface area contributed by atoms with Gasteiger partial charge >= 0.3 is 0 Å². The highest BCUT2D eigenvalue weighted by atomic mass is 19.1. The minimum Gasteiger partial charge on any atom is -0.374 e. The molecule has 1 heterocycles. The molecule has 5 heteroatoms. The van der Waals surface area contributed by atoms with Gasteiger partial charge in [0.25, 0.3) is 0 Å². The number of nitrogens with zero attached hydrogens (tertiary/aromatic N) is 2. The molecule has 4 nitrogen and oxygen atoms in total. The number of aromatic nitrogens is 2. The molecule has 0 saturated heterocycles. The molecular formula is C14H18FN3O. The van der Waals surface area contributed by atoms with Gasteiger partial charge in [0.15, 0.2) is 5.82 Å². The van der Waals surface area contributed by atoms with Crippen LogP contribution < -0.4 is 5.32 Å². The van der Waals surface area contributed by atoms with Gasteiger partial charge in [0, 0.05) is 11.1 Å². The third-order valence-electron chi connectivity index (χ3n) is 2.71. The second-order valence-corrected chi connectivity index (χ2v) is 5.58. The van der Waals surface area contributed by atoms with Gasteiger partial charge in [-0.05, 0) is 31.2 Å². The molecule has 0 radical (unpaired) electrons. The maximum absolute atomic E-state index is 12.8. The van der Waals surface area contributed by atoms with Crippen LogP contribution in [-0.4, -0.2) is 10.1 Å². The van der Waals surface area contributed by atoms with E-state index in [-0.39, 0.29) is 17.3 Å². The lowest BCUT2D eigenvalue weighted by Gasteiger charge is -2.12. The molecule has 0 amide bonds. The maximum Gasteiger partial charge on any atom is 0.248 e. The Labute approximate surface area is 112 Å². The number of anilines is 1. The molecule has 2 aromatic rings. The molecule has 1 aromatic carbocycles. The van der Waals surface area contributed by atoms with Crippen LogP contribution in [-0.2, 0) is 5.41 Å². The smallest absolute Gasteiger partial charge is 0.248 e. The second kappa shape index (κ2) is 4.99. The molecule has 0 aliphatic carbocycles. The quantitative estimate of drug-likeness (QED) is 0.917. The highest BCUT2D eigenvalue weighted by Crippen LogP contribution is 2.22. The van der Waals surface area contributed by atoms with E-state index in [1.54, 1.807) is 12.1 Å². The molecule has 0 aliphatic rings. The number of hydrogen-bond donors (Lipinski definition) is 1. The standard InChI is InChI=1S/C14H18FN3O/c1-9(16-11-7-5-10(15)6-8-11)12-17-13(18-19-12)14(2,3)4/h5-9,16H,1-4H3. The Balaban J connectivity index is 2.09. The van der Waals surface area contributed by atoms with Gasteiger partial charge in [-0.25, -0.2) is 4.39 Å². The largest absolute Gasteiger partial charge is 0.374 e. The van der Waals surface area contributed by atoms with Crippen LogP contribution in [0.4, 0.5) is 10.1 Å². The number of rotatable bonds is 3. The molecule has 0 aliphatic heterocycles. The predicted octanol–water partition coefficient (Wildman–Crippen LogP) is 3.68. The van der Waals surface area contributed by atoms with Crippen LogP contribution in [0.1, 0.15) is 45.5 Å². The molecule has 0 spiro atoms. The van der Waals surface area contributed by atoms with Gasteiger partial charge in [0.05, 0.1) is 0 Å². The van der Waals surface area contributed by atoms with Crippen molar-refractivity contribution in [1.29, 1.82) is 0 Å². The third-order valence-corrected chi connectivity index (χ3v) is 2.71. The fourth-order valence-electron chi connectivity index (χ4n) is 1.57. The van der Waals surface area contributed by atoms with Crippen molar-refractivity contribution in [2.45, 2.75) is 39.2 Å². The van der Waals surface area contributed by atoms with Gasteiger partial charge < -0.3 is 9.84 Å². The fourth-order valence-corrected chi connectivity index (χ4v) is 1.57. The summed E-state index contributed by atoms with van der Waals surface area (Å²) in [6.07, 6.45) is 0. The Bertz CT molecular complexity index is 543. The van der Waals surface area contributed by atoms with Crippen molar-refractivity contribution in [2.75, 3.05) is 5.32 Å². The van der Waals surface area contributed by atoms with E-state index in [2.05, 4.69) is 15.5 Å². The zero-order valence-corrected chi connectivity index (χ0v) is 11.6. The van der Waals surface area contributed by atoms with Crippen LogP contribution in [0.15, 0.2) is 28.8 Å². The zero-order valence-electron chi connectivity index (χ0n) is 11.6. The average molecular weight is 263 g/mol. The summed E-state index contributed by atoms with van der Waals surface area (Å²) in [6.45, 7) is 8.00. The summed E-state index contributed by atoms with van der Waals surface area (Å²) in [5.74, 6) is 0.940. The number of hydrogen-bond acceptors (Lipinski definition) is 4. The summed E-state index contributed by atoms with van der Waals surface area (Å²) in [6, 6.07) is 6.03. The third kappa shape index (κ3) is 3.30. The van der Waals surface area contributed by atoms with Crippen LogP contribution >= 0.6 is 0 Å². The first-order valence-electron chi connectivity index (χ1n) is 6.22. The van der Waals surface area contributed by atoms with E-state index in [1.165, 1.54) is 12.1 Å². The van der Waals surface area contributed by atoms with E-state index >= 15 is 0 Å². The van der Waals surface area contributed by atoms with Crippen LogP contribution in [0.5, 0.6) is 0 Å². The van der Waals surface area contributed by atoms with Gasteiger partial charge in [0.1, 0.15) is 11.9 Å². The van der Waals surface area contributed by atoms with E-state index in [0.717, 1.165) is 5.69 Å². The van der Waals surface area contributed by atoms with Crippen molar-refractivity contribution >= 4 is 5.69 Å². The van der Waals surface area contributed by atoms with Crippen LogP contribution in [0, 0.1) is 5.82 Å². The molecule has 0 fully saturated rings. The fraction of sp³-hybridized carbons (Fsp3) is 0.429. The summed E-state index contributed by atoms with van der Waals surface area (Å²) in [5.41, 5.74) is 0.668. The van der Waals surface area contributed by atoms with Crippen LogP contribution in [0.2, 0.25) is 0 Å². The summed E-state index contributed by atoms with van der Waals surface area (Å²) < 4.78 is 18.1. The van der Waals surface area contributed by atoms with Crippen molar-refractivity contribution < 1.29 is 8.91 Å². The van der Waals surface area contributed by atoms with E-state index in [0.29, 0.717) is 11.7 Å². The van der Waals surface area contributed by atoms with Gasteiger partial charge in [-0.2, -0.15) is 4.98 Å². The molecule has 19 heavy (non-hydrogen) atoms. The summed E-state index contributed by atoms with van der Waals surface area (Å²) in [5, 5.41) is 7.17. The topological polar surface area (TPSA) is 51.0 Å². The zero-order chi connectivity index (χ0) is 14.0. The van der Waals surface area contributed by atoms with Crippen LogP contribution in [0.25, 0.3) is 0 Å². The lowest BCUT2D eigenvalue weighted by Crippen LogP contribution is -2.14. The highest BCUT2D eigenvalue weighted by Gasteiger charge is 2.23. The van der Waals surface area contributed by atoms with Crippen molar-refractivity contribution in [2.24, 2.45) is 0 Å². The summed E-state index contributed by atoms with van der Waals surface area (Å²) in [7, 11) is 0. The monoisotopic (exact) mass is 263 g/mol. The Kier molecular flexibility index (Phi) is 3.55. The molecule has 0 saturated carbocycles.